The SMILES string of the molecule is NC(N)=Nc1nc2c(s1)CCCN(Cc1ccccc1)C2. The number of thiazole rings is 1. The predicted octanol–water partition coefficient (Wildman–Crippen LogP) is 2.00. The van der Waals surface area contributed by atoms with Crippen LogP contribution in [0.2, 0.25) is 0 Å². The Labute approximate surface area is 128 Å². The lowest BCUT2D eigenvalue weighted by Crippen LogP contribution is -2.23. The molecule has 3 rings (SSSR count). The van der Waals surface area contributed by atoms with Gasteiger partial charge >= 0.3 is 0 Å². The number of aryl methyl sites for hydroxylation is 1. The molecule has 0 spiro atoms. The van der Waals surface area contributed by atoms with Gasteiger partial charge in [-0.1, -0.05) is 41.7 Å². The third kappa shape index (κ3) is 3.59. The van der Waals surface area contributed by atoms with E-state index in [2.05, 4.69) is 39.1 Å². The average molecular weight is 301 g/mol. The number of benzene rings is 1. The van der Waals surface area contributed by atoms with Crippen LogP contribution in [0.25, 0.3) is 0 Å². The van der Waals surface area contributed by atoms with Gasteiger partial charge in [0.05, 0.1) is 5.69 Å². The largest absolute Gasteiger partial charge is 0.370 e. The van der Waals surface area contributed by atoms with Crippen LogP contribution in [0.4, 0.5) is 5.13 Å². The molecule has 5 nitrogen and oxygen atoms in total. The number of hydrogen-bond donors (Lipinski definition) is 2. The lowest BCUT2D eigenvalue weighted by atomic mass is 10.2. The van der Waals surface area contributed by atoms with Gasteiger partial charge in [-0.05, 0) is 24.9 Å². The van der Waals surface area contributed by atoms with E-state index in [0.717, 1.165) is 38.2 Å². The molecule has 0 saturated heterocycles. The van der Waals surface area contributed by atoms with Gasteiger partial charge in [0.25, 0.3) is 0 Å². The van der Waals surface area contributed by atoms with Crippen LogP contribution in [0.5, 0.6) is 0 Å². The molecule has 1 aromatic heterocycles. The number of aliphatic imine (C=N–C) groups is 1. The number of nitrogens with zero attached hydrogens (tertiary/aromatic N) is 3. The van der Waals surface area contributed by atoms with E-state index in [1.165, 1.54) is 10.4 Å². The monoisotopic (exact) mass is 301 g/mol. The summed E-state index contributed by atoms with van der Waals surface area (Å²) in [4.78, 5) is 12.4. The van der Waals surface area contributed by atoms with Crippen molar-refractivity contribution < 1.29 is 0 Å². The fourth-order valence-electron chi connectivity index (χ4n) is 2.58. The summed E-state index contributed by atoms with van der Waals surface area (Å²) in [7, 11) is 0. The summed E-state index contributed by atoms with van der Waals surface area (Å²) >= 11 is 1.60. The first-order chi connectivity index (χ1) is 10.2. The lowest BCUT2D eigenvalue weighted by Gasteiger charge is -2.19. The van der Waals surface area contributed by atoms with E-state index >= 15 is 0 Å². The van der Waals surface area contributed by atoms with Crippen LogP contribution in [0, 0.1) is 0 Å². The Kier molecular flexibility index (Phi) is 4.17. The number of nitrogens with two attached hydrogens (primary N) is 2. The summed E-state index contributed by atoms with van der Waals surface area (Å²) in [6.45, 7) is 2.91. The smallest absolute Gasteiger partial charge is 0.212 e. The molecule has 1 aliphatic rings. The van der Waals surface area contributed by atoms with Gasteiger partial charge in [-0.25, -0.2) is 4.98 Å². The molecule has 0 unspecified atom stereocenters. The van der Waals surface area contributed by atoms with Crippen LogP contribution >= 0.6 is 11.3 Å². The maximum absolute atomic E-state index is 5.43. The molecule has 0 fully saturated rings. The molecule has 1 aliphatic heterocycles. The molecular formula is C15H19N5S. The summed E-state index contributed by atoms with van der Waals surface area (Å²) in [6, 6.07) is 10.5. The Hall–Kier alpha value is -1.92. The highest BCUT2D eigenvalue weighted by atomic mass is 32.1. The summed E-state index contributed by atoms with van der Waals surface area (Å²) in [5.41, 5.74) is 13.3. The minimum absolute atomic E-state index is 0.0695. The van der Waals surface area contributed by atoms with E-state index in [1.807, 2.05) is 6.07 Å². The second-order valence-electron chi connectivity index (χ2n) is 5.20. The molecule has 0 bridgehead atoms. The lowest BCUT2D eigenvalue weighted by molar-refractivity contribution is 0.258. The summed E-state index contributed by atoms with van der Waals surface area (Å²) in [5.74, 6) is 0.0695. The second-order valence-corrected chi connectivity index (χ2v) is 6.26. The summed E-state index contributed by atoms with van der Waals surface area (Å²) in [6.07, 6.45) is 2.20. The zero-order valence-electron chi connectivity index (χ0n) is 11.8. The average Bonchev–Trinajstić information content (AvgIpc) is 2.71. The van der Waals surface area contributed by atoms with Crippen molar-refractivity contribution in [3.05, 3.63) is 46.5 Å². The molecule has 4 N–H and O–H groups in total. The fourth-order valence-corrected chi connectivity index (χ4v) is 3.58. The molecule has 2 heterocycles. The van der Waals surface area contributed by atoms with Gasteiger partial charge in [0.2, 0.25) is 5.13 Å². The van der Waals surface area contributed by atoms with Gasteiger partial charge in [-0.15, -0.1) is 0 Å². The zero-order chi connectivity index (χ0) is 14.7. The molecule has 6 heteroatoms. The molecule has 0 saturated carbocycles. The third-order valence-corrected chi connectivity index (χ3v) is 4.54. The van der Waals surface area contributed by atoms with Crippen LogP contribution in [0.3, 0.4) is 0 Å². The highest BCUT2D eigenvalue weighted by molar-refractivity contribution is 7.15. The molecule has 0 aliphatic carbocycles. The zero-order valence-corrected chi connectivity index (χ0v) is 12.6. The number of fused-ring (bicyclic) bond motifs is 1. The molecule has 0 atom stereocenters. The van der Waals surface area contributed by atoms with Crippen molar-refractivity contribution in [3.8, 4) is 0 Å². The molecular weight excluding hydrogens is 282 g/mol. The number of aromatic nitrogens is 1. The topological polar surface area (TPSA) is 80.5 Å². The number of hydrogen-bond acceptors (Lipinski definition) is 4. The van der Waals surface area contributed by atoms with Crippen LogP contribution < -0.4 is 11.5 Å². The van der Waals surface area contributed by atoms with Gasteiger partial charge in [-0.2, -0.15) is 4.99 Å². The first-order valence-electron chi connectivity index (χ1n) is 7.05. The molecule has 110 valence electrons. The van der Waals surface area contributed by atoms with Gasteiger partial charge in [0.1, 0.15) is 0 Å². The molecule has 0 amide bonds. The second kappa shape index (κ2) is 6.24. The highest BCUT2D eigenvalue weighted by Crippen LogP contribution is 2.30. The highest BCUT2D eigenvalue weighted by Gasteiger charge is 2.18. The normalized spacial score (nSPS) is 15.2. The molecule has 21 heavy (non-hydrogen) atoms. The summed E-state index contributed by atoms with van der Waals surface area (Å²) < 4.78 is 0. The van der Waals surface area contributed by atoms with E-state index in [9.17, 15) is 0 Å². The van der Waals surface area contributed by atoms with Crippen molar-refractivity contribution in [2.24, 2.45) is 16.5 Å². The molecule has 1 aromatic carbocycles. The van der Waals surface area contributed by atoms with Crippen LogP contribution in [0.1, 0.15) is 22.6 Å². The quantitative estimate of drug-likeness (QED) is 0.671. The van der Waals surface area contributed by atoms with Crippen molar-refractivity contribution in [2.45, 2.75) is 25.9 Å². The van der Waals surface area contributed by atoms with Gasteiger partial charge in [0, 0.05) is 18.0 Å². The first kappa shape index (κ1) is 14.0. The third-order valence-electron chi connectivity index (χ3n) is 3.49. The van der Waals surface area contributed by atoms with Gasteiger partial charge < -0.3 is 11.5 Å². The standard InChI is InChI=1S/C15H19N5S/c16-14(17)19-15-18-12-10-20(8-4-7-13(12)21-15)9-11-5-2-1-3-6-11/h1-3,5-6H,4,7-10H2,(H4,16,17,18,19). The van der Waals surface area contributed by atoms with Crippen LogP contribution in [-0.2, 0) is 19.5 Å². The minimum Gasteiger partial charge on any atom is -0.370 e. The van der Waals surface area contributed by atoms with Crippen LogP contribution in [0.15, 0.2) is 35.3 Å². The van der Waals surface area contributed by atoms with Crippen molar-refractivity contribution in [2.75, 3.05) is 6.54 Å². The molecule has 0 radical (unpaired) electrons. The number of rotatable bonds is 3. The van der Waals surface area contributed by atoms with Crippen molar-refractivity contribution in [1.82, 2.24) is 9.88 Å². The van der Waals surface area contributed by atoms with E-state index in [-0.39, 0.29) is 5.96 Å². The fraction of sp³-hybridized carbons (Fsp3) is 0.333. The number of guanidine groups is 1. The van der Waals surface area contributed by atoms with E-state index < -0.39 is 0 Å². The first-order valence-corrected chi connectivity index (χ1v) is 7.87. The Bertz CT molecular complexity index is 631. The Morgan fingerprint density at radius 2 is 2.10 bits per heavy atom. The van der Waals surface area contributed by atoms with Crippen molar-refractivity contribution in [3.63, 3.8) is 0 Å². The van der Waals surface area contributed by atoms with E-state index in [1.54, 1.807) is 11.3 Å². The van der Waals surface area contributed by atoms with E-state index in [4.69, 9.17) is 11.5 Å². The Balaban J connectivity index is 1.76. The maximum atomic E-state index is 5.43. The molecule has 2 aromatic rings. The Morgan fingerprint density at radius 1 is 1.29 bits per heavy atom. The van der Waals surface area contributed by atoms with E-state index in [0.29, 0.717) is 5.13 Å². The van der Waals surface area contributed by atoms with Crippen molar-refractivity contribution in [1.29, 1.82) is 0 Å². The van der Waals surface area contributed by atoms with Gasteiger partial charge in [0.15, 0.2) is 5.96 Å². The minimum atomic E-state index is 0.0695. The Morgan fingerprint density at radius 3 is 2.86 bits per heavy atom. The predicted molar refractivity (Wildman–Crippen MR) is 86.5 cm³/mol. The maximum Gasteiger partial charge on any atom is 0.212 e. The summed E-state index contributed by atoms with van der Waals surface area (Å²) in [5, 5.41) is 0.668. The van der Waals surface area contributed by atoms with Crippen molar-refractivity contribution >= 4 is 22.4 Å². The van der Waals surface area contributed by atoms with Crippen LogP contribution in [-0.4, -0.2) is 22.4 Å². The van der Waals surface area contributed by atoms with Gasteiger partial charge in [-0.3, -0.25) is 4.90 Å².